The number of hydrogen-bond acceptors (Lipinski definition) is 3. The fourth-order valence-corrected chi connectivity index (χ4v) is 0.983. The Morgan fingerprint density at radius 3 is 3.27 bits per heavy atom. The van der Waals surface area contributed by atoms with Gasteiger partial charge < -0.3 is 4.98 Å². The Morgan fingerprint density at radius 1 is 1.55 bits per heavy atom. The lowest BCUT2D eigenvalue weighted by molar-refractivity contribution is 0.112. The van der Waals surface area contributed by atoms with Gasteiger partial charge in [0.25, 0.3) is 0 Å². The van der Waals surface area contributed by atoms with Crippen LogP contribution in [0.25, 0.3) is 10.9 Å². The molecule has 1 N–H and O–H groups in total. The fraction of sp³-hybridized carbons (Fsp3) is 0. The number of H-pyrrole nitrogens is 1. The predicted molar refractivity (Wildman–Crippen MR) is 39.3 cm³/mol. The van der Waals surface area contributed by atoms with E-state index in [-0.39, 0.29) is 0 Å². The molecule has 2 aromatic heterocycles. The zero-order chi connectivity index (χ0) is 7.68. The van der Waals surface area contributed by atoms with Gasteiger partial charge in [0.15, 0.2) is 6.29 Å². The fourth-order valence-electron chi connectivity index (χ4n) is 0.983. The highest BCUT2D eigenvalue weighted by molar-refractivity contribution is 5.94. The minimum absolute atomic E-state index is 0.528. The first-order valence-electron chi connectivity index (χ1n) is 3.14. The van der Waals surface area contributed by atoms with E-state index in [0.29, 0.717) is 5.69 Å². The van der Waals surface area contributed by atoms with Crippen molar-refractivity contribution in [2.45, 2.75) is 0 Å². The van der Waals surface area contributed by atoms with Gasteiger partial charge in [-0.2, -0.15) is 0 Å². The number of hydrogen-bond donors (Lipinski definition) is 1. The van der Waals surface area contributed by atoms with E-state index < -0.39 is 0 Å². The lowest BCUT2D eigenvalue weighted by Gasteiger charge is -1.84. The molecule has 0 saturated heterocycles. The molecule has 4 nitrogen and oxygen atoms in total. The standard InChI is InChI=1S/C7H5N3O/c11-3-7-5-1-8-4-10-6(5)2-9-7/h1-4,9H. The summed E-state index contributed by atoms with van der Waals surface area (Å²) in [5.41, 5.74) is 1.29. The first-order valence-corrected chi connectivity index (χ1v) is 3.14. The predicted octanol–water partition coefficient (Wildman–Crippen LogP) is 0.770. The van der Waals surface area contributed by atoms with Crippen LogP contribution in [0.5, 0.6) is 0 Å². The number of nitrogens with one attached hydrogen (secondary N) is 1. The van der Waals surface area contributed by atoms with E-state index in [1.54, 1.807) is 12.4 Å². The van der Waals surface area contributed by atoms with Crippen LogP contribution in [0.3, 0.4) is 0 Å². The van der Waals surface area contributed by atoms with Gasteiger partial charge in [-0.3, -0.25) is 4.79 Å². The van der Waals surface area contributed by atoms with Gasteiger partial charge in [-0.05, 0) is 0 Å². The molecular formula is C7H5N3O. The lowest BCUT2D eigenvalue weighted by Crippen LogP contribution is -1.80. The number of carbonyl (C=O) groups is 1. The van der Waals surface area contributed by atoms with E-state index in [1.165, 1.54) is 6.33 Å². The number of carbonyl (C=O) groups excluding carboxylic acids is 1. The van der Waals surface area contributed by atoms with Crippen molar-refractivity contribution in [2.75, 3.05) is 0 Å². The summed E-state index contributed by atoms with van der Waals surface area (Å²) in [5.74, 6) is 0. The molecule has 54 valence electrons. The Morgan fingerprint density at radius 2 is 2.45 bits per heavy atom. The van der Waals surface area contributed by atoms with E-state index >= 15 is 0 Å². The molecule has 2 aromatic rings. The second kappa shape index (κ2) is 2.16. The van der Waals surface area contributed by atoms with Crippen LogP contribution < -0.4 is 0 Å². The normalized spacial score (nSPS) is 10.2. The van der Waals surface area contributed by atoms with Gasteiger partial charge in [-0.25, -0.2) is 9.97 Å². The van der Waals surface area contributed by atoms with Crippen LogP contribution in [0.4, 0.5) is 0 Å². The quantitative estimate of drug-likeness (QED) is 0.606. The third-order valence-corrected chi connectivity index (χ3v) is 1.52. The van der Waals surface area contributed by atoms with Gasteiger partial charge >= 0.3 is 0 Å². The van der Waals surface area contributed by atoms with Crippen LogP contribution >= 0.6 is 0 Å². The Bertz CT molecular complexity index is 393. The van der Waals surface area contributed by atoms with Gasteiger partial charge in [0, 0.05) is 17.8 Å². The summed E-state index contributed by atoms with van der Waals surface area (Å²) < 4.78 is 0. The smallest absolute Gasteiger partial charge is 0.166 e. The van der Waals surface area contributed by atoms with Crippen LogP contribution in [0.15, 0.2) is 18.7 Å². The topological polar surface area (TPSA) is 58.6 Å². The molecule has 2 heterocycles. The number of aromatic nitrogens is 3. The summed E-state index contributed by atoms with van der Waals surface area (Å²) in [5, 5.41) is 0.766. The highest BCUT2D eigenvalue weighted by atomic mass is 16.1. The van der Waals surface area contributed by atoms with Crippen LogP contribution in [0, 0.1) is 0 Å². The first-order chi connectivity index (χ1) is 5.42. The Labute approximate surface area is 62.3 Å². The molecule has 0 unspecified atom stereocenters. The number of fused-ring (bicyclic) bond motifs is 1. The number of aldehydes is 1. The first kappa shape index (κ1) is 6.03. The van der Waals surface area contributed by atoms with E-state index in [9.17, 15) is 4.79 Å². The largest absolute Gasteiger partial charge is 0.356 e. The number of nitrogens with zero attached hydrogens (tertiary/aromatic N) is 2. The maximum atomic E-state index is 10.4. The van der Waals surface area contributed by atoms with Crippen LogP contribution in [-0.4, -0.2) is 21.2 Å². The van der Waals surface area contributed by atoms with Crippen molar-refractivity contribution in [3.8, 4) is 0 Å². The van der Waals surface area contributed by atoms with Crippen molar-refractivity contribution in [3.63, 3.8) is 0 Å². The zero-order valence-electron chi connectivity index (χ0n) is 5.61. The minimum atomic E-state index is 0.528. The second-order valence-corrected chi connectivity index (χ2v) is 2.14. The third-order valence-electron chi connectivity index (χ3n) is 1.52. The van der Waals surface area contributed by atoms with Crippen LogP contribution in [-0.2, 0) is 0 Å². The van der Waals surface area contributed by atoms with Crippen molar-refractivity contribution >= 4 is 17.2 Å². The molecule has 0 atom stereocenters. The Hall–Kier alpha value is -1.71. The van der Waals surface area contributed by atoms with Gasteiger partial charge in [0.1, 0.15) is 6.33 Å². The van der Waals surface area contributed by atoms with Crippen molar-refractivity contribution in [3.05, 3.63) is 24.4 Å². The molecule has 0 spiro atoms. The SMILES string of the molecule is O=Cc1[nH]cc2ncncc12. The molecule has 2 rings (SSSR count). The van der Waals surface area contributed by atoms with Crippen LogP contribution in [0.1, 0.15) is 10.5 Å². The zero-order valence-corrected chi connectivity index (χ0v) is 5.61. The summed E-state index contributed by atoms with van der Waals surface area (Å²) in [6, 6.07) is 0. The molecule has 0 amide bonds. The van der Waals surface area contributed by atoms with Gasteiger partial charge in [-0.15, -0.1) is 0 Å². The van der Waals surface area contributed by atoms with Gasteiger partial charge in [0.2, 0.25) is 0 Å². The molecule has 0 bridgehead atoms. The van der Waals surface area contributed by atoms with Crippen molar-refractivity contribution in [1.82, 2.24) is 15.0 Å². The highest BCUT2D eigenvalue weighted by Gasteiger charge is 2.00. The monoisotopic (exact) mass is 147 g/mol. The van der Waals surface area contributed by atoms with E-state index in [4.69, 9.17) is 0 Å². The van der Waals surface area contributed by atoms with E-state index in [1.807, 2.05) is 0 Å². The van der Waals surface area contributed by atoms with Crippen molar-refractivity contribution in [2.24, 2.45) is 0 Å². The summed E-state index contributed by atoms with van der Waals surface area (Å²) in [6.45, 7) is 0. The third kappa shape index (κ3) is 0.797. The van der Waals surface area contributed by atoms with Crippen LogP contribution in [0.2, 0.25) is 0 Å². The molecule has 0 saturated carbocycles. The average molecular weight is 147 g/mol. The highest BCUT2D eigenvalue weighted by Crippen LogP contribution is 2.11. The molecule has 0 aliphatic heterocycles. The summed E-state index contributed by atoms with van der Waals surface area (Å²) >= 11 is 0. The van der Waals surface area contributed by atoms with Gasteiger partial charge in [-0.1, -0.05) is 0 Å². The lowest BCUT2D eigenvalue weighted by atomic mass is 10.3. The molecule has 0 radical (unpaired) electrons. The van der Waals surface area contributed by atoms with E-state index in [2.05, 4.69) is 15.0 Å². The average Bonchev–Trinajstić information content (AvgIpc) is 2.47. The maximum absolute atomic E-state index is 10.4. The second-order valence-electron chi connectivity index (χ2n) is 2.14. The molecule has 0 aromatic carbocycles. The van der Waals surface area contributed by atoms with Crippen molar-refractivity contribution < 1.29 is 4.79 Å². The summed E-state index contributed by atoms with van der Waals surface area (Å²) in [6.07, 6.45) is 5.50. The molecule has 0 aliphatic rings. The molecular weight excluding hydrogens is 142 g/mol. The Kier molecular flexibility index (Phi) is 1.18. The molecule has 0 fully saturated rings. The maximum Gasteiger partial charge on any atom is 0.166 e. The minimum Gasteiger partial charge on any atom is -0.356 e. The molecule has 4 heteroatoms. The summed E-state index contributed by atoms with van der Waals surface area (Å²) in [7, 11) is 0. The van der Waals surface area contributed by atoms with E-state index in [0.717, 1.165) is 17.2 Å². The number of rotatable bonds is 1. The molecule has 0 aliphatic carbocycles. The summed E-state index contributed by atoms with van der Waals surface area (Å²) in [4.78, 5) is 20.9. The Balaban J connectivity index is 2.86. The number of aromatic amines is 1. The molecule has 11 heavy (non-hydrogen) atoms. The van der Waals surface area contributed by atoms with Gasteiger partial charge in [0.05, 0.1) is 11.2 Å². The van der Waals surface area contributed by atoms with Crippen molar-refractivity contribution in [1.29, 1.82) is 0 Å².